The summed E-state index contributed by atoms with van der Waals surface area (Å²) in [6.07, 6.45) is 4.94. The highest BCUT2D eigenvalue weighted by Gasteiger charge is 2.31. The summed E-state index contributed by atoms with van der Waals surface area (Å²) in [4.78, 5) is 14.0. The predicted molar refractivity (Wildman–Crippen MR) is 90.1 cm³/mol. The van der Waals surface area contributed by atoms with Gasteiger partial charge in [0.2, 0.25) is 5.91 Å². The number of nitrogens with zero attached hydrogens (tertiary/aromatic N) is 1. The molecule has 1 aliphatic rings. The average Bonchev–Trinajstić information content (AvgIpc) is 2.55. The molecule has 1 heterocycles. The van der Waals surface area contributed by atoms with Crippen LogP contribution < -0.4 is 10.2 Å². The van der Waals surface area contributed by atoms with E-state index < -0.39 is 17.6 Å². The number of benzene rings is 1. The SMILES string of the molecule is C/C=C/C=C/C(=O)Nc1cc(C(F)(F)F)ccc1N1CCCCC1. The van der Waals surface area contributed by atoms with Crippen LogP contribution in [0.15, 0.2) is 42.5 Å². The smallest absolute Gasteiger partial charge is 0.370 e. The summed E-state index contributed by atoms with van der Waals surface area (Å²) < 4.78 is 38.9. The molecule has 130 valence electrons. The molecule has 1 fully saturated rings. The van der Waals surface area contributed by atoms with Crippen molar-refractivity contribution in [2.24, 2.45) is 0 Å². The molecule has 0 atom stereocenters. The number of anilines is 2. The van der Waals surface area contributed by atoms with E-state index >= 15 is 0 Å². The van der Waals surface area contributed by atoms with E-state index in [1.807, 2.05) is 11.8 Å². The molecule has 1 aromatic carbocycles. The number of carbonyl (C=O) groups is 1. The fraction of sp³-hybridized carbons (Fsp3) is 0.389. The van der Waals surface area contributed by atoms with Crippen molar-refractivity contribution in [3.8, 4) is 0 Å². The van der Waals surface area contributed by atoms with Gasteiger partial charge in [0.25, 0.3) is 0 Å². The Morgan fingerprint density at radius 2 is 1.88 bits per heavy atom. The van der Waals surface area contributed by atoms with Crippen molar-refractivity contribution >= 4 is 17.3 Å². The molecule has 0 saturated carbocycles. The summed E-state index contributed by atoms with van der Waals surface area (Å²) in [6.45, 7) is 3.37. The zero-order valence-corrected chi connectivity index (χ0v) is 13.6. The lowest BCUT2D eigenvalue weighted by Gasteiger charge is -2.31. The number of nitrogens with one attached hydrogen (secondary N) is 1. The first-order valence-corrected chi connectivity index (χ1v) is 7.98. The van der Waals surface area contributed by atoms with E-state index in [1.54, 1.807) is 18.2 Å². The maximum absolute atomic E-state index is 13.0. The van der Waals surface area contributed by atoms with Gasteiger partial charge in [-0.1, -0.05) is 18.2 Å². The van der Waals surface area contributed by atoms with Gasteiger partial charge in [-0.25, -0.2) is 0 Å². The Balaban J connectivity index is 2.30. The Labute approximate surface area is 139 Å². The number of rotatable bonds is 4. The molecule has 0 aromatic heterocycles. The monoisotopic (exact) mass is 338 g/mol. The van der Waals surface area contributed by atoms with Gasteiger partial charge in [-0.15, -0.1) is 0 Å². The summed E-state index contributed by atoms with van der Waals surface area (Å²) >= 11 is 0. The van der Waals surface area contributed by atoms with Crippen LogP contribution in [-0.4, -0.2) is 19.0 Å². The molecule has 0 spiro atoms. The molecular formula is C18H21F3N2O. The lowest BCUT2D eigenvalue weighted by molar-refractivity contribution is -0.137. The molecule has 0 radical (unpaired) electrons. The number of piperidine rings is 1. The third-order valence-electron chi connectivity index (χ3n) is 3.83. The van der Waals surface area contributed by atoms with Gasteiger partial charge in [0.1, 0.15) is 0 Å². The van der Waals surface area contributed by atoms with E-state index in [9.17, 15) is 18.0 Å². The van der Waals surface area contributed by atoms with Gasteiger partial charge in [-0.3, -0.25) is 4.79 Å². The summed E-state index contributed by atoms with van der Waals surface area (Å²) in [5.41, 5.74) is 0.0633. The molecule has 0 bridgehead atoms. The Kier molecular flexibility index (Phi) is 6.06. The second-order valence-corrected chi connectivity index (χ2v) is 5.65. The molecule has 0 aliphatic carbocycles. The molecule has 1 N–H and O–H groups in total. The van der Waals surface area contributed by atoms with Crippen LogP contribution in [0.5, 0.6) is 0 Å². The highest BCUT2D eigenvalue weighted by molar-refractivity contribution is 6.01. The van der Waals surface area contributed by atoms with Gasteiger partial charge >= 0.3 is 6.18 Å². The van der Waals surface area contributed by atoms with Crippen molar-refractivity contribution in [2.75, 3.05) is 23.3 Å². The predicted octanol–water partition coefficient (Wildman–Crippen LogP) is 4.77. The highest BCUT2D eigenvalue weighted by Crippen LogP contribution is 2.36. The van der Waals surface area contributed by atoms with Crippen molar-refractivity contribution in [1.29, 1.82) is 0 Å². The minimum atomic E-state index is -4.44. The van der Waals surface area contributed by atoms with Crippen LogP contribution in [0, 0.1) is 0 Å². The summed E-state index contributed by atoms with van der Waals surface area (Å²) in [6, 6.07) is 3.51. The molecule has 24 heavy (non-hydrogen) atoms. The topological polar surface area (TPSA) is 32.3 Å². The third-order valence-corrected chi connectivity index (χ3v) is 3.83. The number of alkyl halides is 3. The Morgan fingerprint density at radius 1 is 1.17 bits per heavy atom. The van der Waals surface area contributed by atoms with E-state index in [-0.39, 0.29) is 5.69 Å². The quantitative estimate of drug-likeness (QED) is 0.634. The number of hydrogen-bond donors (Lipinski definition) is 1. The minimum absolute atomic E-state index is 0.196. The lowest BCUT2D eigenvalue weighted by Crippen LogP contribution is -2.30. The van der Waals surface area contributed by atoms with E-state index in [2.05, 4.69) is 5.32 Å². The second-order valence-electron chi connectivity index (χ2n) is 5.65. The van der Waals surface area contributed by atoms with E-state index in [0.29, 0.717) is 5.69 Å². The van der Waals surface area contributed by atoms with Crippen molar-refractivity contribution in [2.45, 2.75) is 32.4 Å². The fourth-order valence-electron chi connectivity index (χ4n) is 2.65. The Bertz CT molecular complexity index is 630. The third kappa shape index (κ3) is 4.88. The molecule has 2 rings (SSSR count). The average molecular weight is 338 g/mol. The van der Waals surface area contributed by atoms with Gasteiger partial charge in [-0.05, 0) is 44.4 Å². The number of amides is 1. The van der Waals surface area contributed by atoms with Crippen LogP contribution in [-0.2, 0) is 11.0 Å². The van der Waals surface area contributed by atoms with Gasteiger partial charge in [0, 0.05) is 19.2 Å². The first-order chi connectivity index (χ1) is 11.4. The minimum Gasteiger partial charge on any atom is -0.370 e. The fourth-order valence-corrected chi connectivity index (χ4v) is 2.65. The van der Waals surface area contributed by atoms with Gasteiger partial charge in [-0.2, -0.15) is 13.2 Å². The number of allylic oxidation sites excluding steroid dienone is 3. The Hall–Kier alpha value is -2.24. The van der Waals surface area contributed by atoms with Gasteiger partial charge in [0.15, 0.2) is 0 Å². The molecule has 0 unspecified atom stereocenters. The zero-order valence-electron chi connectivity index (χ0n) is 13.6. The molecule has 1 amide bonds. The first-order valence-electron chi connectivity index (χ1n) is 7.98. The highest BCUT2D eigenvalue weighted by atomic mass is 19.4. The van der Waals surface area contributed by atoms with Crippen molar-refractivity contribution in [3.05, 3.63) is 48.1 Å². The summed E-state index contributed by atoms with van der Waals surface area (Å²) in [5.74, 6) is -0.453. The molecule has 3 nitrogen and oxygen atoms in total. The van der Waals surface area contributed by atoms with Crippen molar-refractivity contribution < 1.29 is 18.0 Å². The van der Waals surface area contributed by atoms with Crippen LogP contribution in [0.3, 0.4) is 0 Å². The maximum atomic E-state index is 13.0. The second kappa shape index (κ2) is 8.04. The van der Waals surface area contributed by atoms with E-state index in [1.165, 1.54) is 12.1 Å². The Morgan fingerprint density at radius 3 is 2.50 bits per heavy atom. The van der Waals surface area contributed by atoms with Crippen LogP contribution in [0.1, 0.15) is 31.7 Å². The van der Waals surface area contributed by atoms with Crippen LogP contribution in [0.25, 0.3) is 0 Å². The molecule has 1 aliphatic heterocycles. The largest absolute Gasteiger partial charge is 0.416 e. The molecule has 6 heteroatoms. The maximum Gasteiger partial charge on any atom is 0.416 e. The van der Waals surface area contributed by atoms with E-state index in [0.717, 1.165) is 44.5 Å². The van der Waals surface area contributed by atoms with Crippen LogP contribution in [0.2, 0.25) is 0 Å². The normalized spacial score (nSPS) is 16.1. The van der Waals surface area contributed by atoms with Crippen molar-refractivity contribution in [1.82, 2.24) is 0 Å². The number of hydrogen-bond acceptors (Lipinski definition) is 2. The summed E-state index contributed by atoms with van der Waals surface area (Å²) in [7, 11) is 0. The lowest BCUT2D eigenvalue weighted by atomic mass is 10.1. The van der Waals surface area contributed by atoms with Crippen LogP contribution >= 0.6 is 0 Å². The molecule has 1 saturated heterocycles. The van der Waals surface area contributed by atoms with Crippen molar-refractivity contribution in [3.63, 3.8) is 0 Å². The summed E-state index contributed by atoms with van der Waals surface area (Å²) in [5, 5.41) is 2.58. The molecule has 1 aromatic rings. The number of halogens is 3. The van der Waals surface area contributed by atoms with E-state index in [4.69, 9.17) is 0 Å². The van der Waals surface area contributed by atoms with Crippen LogP contribution in [0.4, 0.5) is 24.5 Å². The van der Waals surface area contributed by atoms with Gasteiger partial charge < -0.3 is 10.2 Å². The molecular weight excluding hydrogens is 317 g/mol. The number of carbonyl (C=O) groups excluding carboxylic acids is 1. The van der Waals surface area contributed by atoms with Gasteiger partial charge in [0.05, 0.1) is 16.9 Å². The standard InChI is InChI=1S/C18H21F3N2O/c1-2-3-5-8-17(24)22-15-13-14(18(19,20)21)9-10-16(15)23-11-6-4-7-12-23/h2-3,5,8-10,13H,4,6-7,11-12H2,1H3,(H,22,24)/b3-2+,8-5+. The first kappa shape index (κ1) is 18.1. The zero-order chi connectivity index (χ0) is 17.6.